The Balaban J connectivity index is 1.50. The van der Waals surface area contributed by atoms with E-state index in [4.69, 9.17) is 4.99 Å². The highest BCUT2D eigenvalue weighted by Crippen LogP contribution is 2.34. The summed E-state index contributed by atoms with van der Waals surface area (Å²) < 4.78 is 2.00. The van der Waals surface area contributed by atoms with E-state index < -0.39 is 0 Å². The predicted molar refractivity (Wildman–Crippen MR) is 117 cm³/mol. The normalized spacial score (nSPS) is 20.2. The second kappa shape index (κ2) is 9.07. The van der Waals surface area contributed by atoms with Crippen molar-refractivity contribution >= 4 is 11.6 Å². The lowest BCUT2D eigenvalue weighted by Crippen LogP contribution is -2.48. The maximum atomic E-state index is 4.90. The molecule has 0 saturated carbocycles. The van der Waals surface area contributed by atoms with E-state index in [1.54, 1.807) is 0 Å². The third kappa shape index (κ3) is 4.26. The number of fused-ring (bicyclic) bond motifs is 1. The number of piperidine rings is 1. The molecule has 2 unspecified atom stereocenters. The lowest BCUT2D eigenvalue weighted by Gasteiger charge is -2.40. The van der Waals surface area contributed by atoms with Crippen molar-refractivity contribution in [1.29, 1.82) is 0 Å². The van der Waals surface area contributed by atoms with Crippen LogP contribution >= 0.6 is 0 Å². The molecule has 3 heterocycles. The van der Waals surface area contributed by atoms with Crippen LogP contribution in [0.1, 0.15) is 44.0 Å². The van der Waals surface area contributed by atoms with Crippen molar-refractivity contribution in [3.8, 4) is 0 Å². The summed E-state index contributed by atoms with van der Waals surface area (Å²) in [6.45, 7) is 7.84. The maximum Gasteiger partial charge on any atom is 0.194 e. The topological polar surface area (TPSA) is 57.8 Å². The van der Waals surface area contributed by atoms with Gasteiger partial charge in [0.2, 0.25) is 0 Å². The van der Waals surface area contributed by atoms with Gasteiger partial charge in [-0.3, -0.25) is 4.40 Å². The summed E-state index contributed by atoms with van der Waals surface area (Å²) in [7, 11) is 0. The molecule has 4 rings (SSSR count). The van der Waals surface area contributed by atoms with E-state index in [1.807, 2.05) is 28.8 Å². The third-order valence-electron chi connectivity index (χ3n) is 5.88. The highest BCUT2D eigenvalue weighted by Gasteiger charge is 2.30. The molecule has 2 atom stereocenters. The molecule has 152 valence electrons. The van der Waals surface area contributed by atoms with Crippen molar-refractivity contribution in [2.75, 3.05) is 19.6 Å². The molecule has 1 fully saturated rings. The van der Waals surface area contributed by atoms with Crippen molar-refractivity contribution in [2.24, 2.45) is 10.9 Å². The number of rotatable bonds is 5. The van der Waals surface area contributed by atoms with Crippen LogP contribution in [0, 0.1) is 5.92 Å². The highest BCUT2D eigenvalue weighted by molar-refractivity contribution is 5.80. The molecule has 0 bridgehead atoms. The number of aliphatic imine (C=N–C) groups is 1. The Bertz CT molecular complexity index is 948. The van der Waals surface area contributed by atoms with Gasteiger partial charge < -0.3 is 10.2 Å². The summed E-state index contributed by atoms with van der Waals surface area (Å²) >= 11 is 0. The molecule has 6 nitrogen and oxygen atoms in total. The average molecular weight is 391 g/mol. The fourth-order valence-electron chi connectivity index (χ4n) is 4.35. The number of hydrogen-bond donors (Lipinski definition) is 1. The average Bonchev–Trinajstić information content (AvgIpc) is 3.20. The molecule has 2 aromatic heterocycles. The van der Waals surface area contributed by atoms with Crippen LogP contribution in [0.25, 0.3) is 5.65 Å². The molecule has 0 amide bonds. The first-order valence-electron chi connectivity index (χ1n) is 10.7. The largest absolute Gasteiger partial charge is 0.357 e. The van der Waals surface area contributed by atoms with Gasteiger partial charge in [-0.2, -0.15) is 0 Å². The number of aromatic nitrogens is 3. The smallest absolute Gasteiger partial charge is 0.194 e. The van der Waals surface area contributed by atoms with E-state index >= 15 is 0 Å². The van der Waals surface area contributed by atoms with Crippen LogP contribution in [-0.4, -0.2) is 45.1 Å². The van der Waals surface area contributed by atoms with E-state index in [9.17, 15) is 0 Å². The van der Waals surface area contributed by atoms with Gasteiger partial charge in [-0.25, -0.2) is 4.99 Å². The number of guanidine groups is 1. The standard InChI is InChI=1S/C23H30N6/c1-3-18-17-28(15-13-20(18)19-10-6-5-7-11-19)23(24-4-2)25-16-22-27-26-21-12-8-9-14-29(21)22/h5-12,14,18,20H,3-4,13,15-17H2,1-2H3,(H,24,25). The van der Waals surface area contributed by atoms with Gasteiger partial charge in [0, 0.05) is 25.8 Å². The number of pyridine rings is 1. The van der Waals surface area contributed by atoms with E-state index in [-0.39, 0.29) is 0 Å². The van der Waals surface area contributed by atoms with E-state index in [2.05, 4.69) is 64.6 Å². The molecular weight excluding hydrogens is 360 g/mol. The van der Waals surface area contributed by atoms with E-state index in [0.29, 0.717) is 18.4 Å². The molecule has 0 aliphatic carbocycles. The summed E-state index contributed by atoms with van der Waals surface area (Å²) in [5, 5.41) is 12.0. The van der Waals surface area contributed by atoms with Gasteiger partial charge in [0.1, 0.15) is 6.54 Å². The lowest BCUT2D eigenvalue weighted by atomic mass is 9.79. The zero-order valence-electron chi connectivity index (χ0n) is 17.3. The van der Waals surface area contributed by atoms with Crippen molar-refractivity contribution in [1.82, 2.24) is 24.8 Å². The second-order valence-corrected chi connectivity index (χ2v) is 7.64. The SMILES string of the molecule is CCNC(=NCc1nnc2ccccn12)N1CCC(c2ccccc2)C(CC)C1. The van der Waals surface area contributed by atoms with Crippen molar-refractivity contribution < 1.29 is 0 Å². The Labute approximate surface area is 172 Å². The minimum Gasteiger partial charge on any atom is -0.357 e. The monoisotopic (exact) mass is 390 g/mol. The first-order chi connectivity index (χ1) is 14.3. The molecule has 29 heavy (non-hydrogen) atoms. The Morgan fingerprint density at radius 1 is 1.10 bits per heavy atom. The highest BCUT2D eigenvalue weighted by atomic mass is 15.3. The van der Waals surface area contributed by atoms with Gasteiger partial charge in [0.05, 0.1) is 0 Å². The fraction of sp³-hybridized carbons (Fsp3) is 0.435. The van der Waals surface area contributed by atoms with Crippen LogP contribution in [0.15, 0.2) is 59.7 Å². The van der Waals surface area contributed by atoms with Gasteiger partial charge in [-0.15, -0.1) is 10.2 Å². The zero-order valence-corrected chi connectivity index (χ0v) is 17.3. The maximum absolute atomic E-state index is 4.90. The number of likely N-dealkylation sites (tertiary alicyclic amines) is 1. The minimum atomic E-state index is 0.517. The van der Waals surface area contributed by atoms with Gasteiger partial charge in [-0.1, -0.05) is 49.7 Å². The number of hydrogen-bond acceptors (Lipinski definition) is 3. The molecule has 0 radical (unpaired) electrons. The molecule has 0 spiro atoms. The van der Waals surface area contributed by atoms with Crippen LogP contribution < -0.4 is 5.32 Å². The first kappa shape index (κ1) is 19.4. The molecule has 1 aromatic carbocycles. The summed E-state index contributed by atoms with van der Waals surface area (Å²) in [5.74, 6) is 3.09. The second-order valence-electron chi connectivity index (χ2n) is 7.64. The van der Waals surface area contributed by atoms with Gasteiger partial charge in [0.25, 0.3) is 0 Å². The van der Waals surface area contributed by atoms with E-state index in [1.165, 1.54) is 12.0 Å². The van der Waals surface area contributed by atoms with Gasteiger partial charge >= 0.3 is 0 Å². The summed E-state index contributed by atoms with van der Waals surface area (Å²) in [6.07, 6.45) is 4.32. The predicted octanol–water partition coefficient (Wildman–Crippen LogP) is 3.71. The molecule has 1 aliphatic heterocycles. The molecular formula is C23H30N6. The van der Waals surface area contributed by atoms with Crippen molar-refractivity contribution in [3.63, 3.8) is 0 Å². The van der Waals surface area contributed by atoms with Crippen LogP contribution in [0.2, 0.25) is 0 Å². The number of nitrogens with zero attached hydrogens (tertiary/aromatic N) is 5. The summed E-state index contributed by atoms with van der Waals surface area (Å²) in [6, 6.07) is 16.9. The van der Waals surface area contributed by atoms with E-state index in [0.717, 1.165) is 43.5 Å². The van der Waals surface area contributed by atoms with Crippen molar-refractivity contribution in [2.45, 2.75) is 39.2 Å². The fourth-order valence-corrected chi connectivity index (χ4v) is 4.35. The Morgan fingerprint density at radius 2 is 1.93 bits per heavy atom. The zero-order chi connectivity index (χ0) is 20.1. The molecule has 1 aliphatic rings. The van der Waals surface area contributed by atoms with Crippen molar-refractivity contribution in [3.05, 3.63) is 66.1 Å². The molecule has 1 N–H and O–H groups in total. The Morgan fingerprint density at radius 3 is 2.72 bits per heavy atom. The summed E-state index contributed by atoms with van der Waals surface area (Å²) in [5.41, 5.74) is 2.33. The van der Waals surface area contributed by atoms with Crippen LogP contribution in [-0.2, 0) is 6.54 Å². The third-order valence-corrected chi connectivity index (χ3v) is 5.88. The number of benzene rings is 1. The first-order valence-corrected chi connectivity index (χ1v) is 10.7. The molecule has 3 aromatic rings. The minimum absolute atomic E-state index is 0.517. The quantitative estimate of drug-likeness (QED) is 0.533. The van der Waals surface area contributed by atoms with Crippen LogP contribution in [0.5, 0.6) is 0 Å². The van der Waals surface area contributed by atoms with Gasteiger partial charge in [0.15, 0.2) is 17.4 Å². The van der Waals surface area contributed by atoms with Crippen LogP contribution in [0.4, 0.5) is 0 Å². The van der Waals surface area contributed by atoms with Crippen LogP contribution in [0.3, 0.4) is 0 Å². The number of nitrogens with one attached hydrogen (secondary N) is 1. The Hall–Kier alpha value is -2.89. The van der Waals surface area contributed by atoms with Gasteiger partial charge in [-0.05, 0) is 42.9 Å². The Kier molecular flexibility index (Phi) is 6.08. The molecule has 1 saturated heterocycles. The summed E-state index contributed by atoms with van der Waals surface area (Å²) in [4.78, 5) is 7.32. The molecule has 6 heteroatoms. The lowest BCUT2D eigenvalue weighted by molar-refractivity contribution is 0.215.